The third-order valence-corrected chi connectivity index (χ3v) is 5.49. The fourth-order valence-electron chi connectivity index (χ4n) is 3.70. The molecule has 1 N–H and O–H groups in total. The van der Waals surface area contributed by atoms with Crippen LogP contribution in [-0.2, 0) is 12.8 Å². The molecular weight excluding hydrogens is 381 g/mol. The first-order chi connectivity index (χ1) is 14.6. The van der Waals surface area contributed by atoms with Crippen molar-refractivity contribution in [1.29, 1.82) is 0 Å². The summed E-state index contributed by atoms with van der Waals surface area (Å²) in [7, 11) is 0. The molecule has 0 atom stereocenters. The Hall–Kier alpha value is -3.48. The van der Waals surface area contributed by atoms with Crippen molar-refractivity contribution in [3.63, 3.8) is 0 Å². The lowest BCUT2D eigenvalue weighted by atomic mass is 10.0. The Balaban J connectivity index is 1.44. The Bertz CT molecular complexity index is 1240. The first-order valence-electron chi connectivity index (χ1n) is 10.1. The van der Waals surface area contributed by atoms with Crippen molar-refractivity contribution in [2.24, 2.45) is 0 Å². The minimum Gasteiger partial charge on any atom is -0.345 e. The normalized spacial score (nSPS) is 13.7. The van der Waals surface area contributed by atoms with Gasteiger partial charge in [0.15, 0.2) is 5.78 Å². The summed E-state index contributed by atoms with van der Waals surface area (Å²) in [5.74, 6) is -0.839. The number of nitrogens with one attached hydrogen (secondary N) is 1. The Labute approximate surface area is 172 Å². The van der Waals surface area contributed by atoms with Crippen molar-refractivity contribution in [3.05, 3.63) is 82.7 Å². The molecule has 1 aliphatic carbocycles. The van der Waals surface area contributed by atoms with Crippen LogP contribution in [0.2, 0.25) is 0 Å². The number of pyridine rings is 2. The van der Waals surface area contributed by atoms with E-state index < -0.39 is 11.7 Å². The molecule has 0 unspecified atom stereocenters. The number of hydrogen-bond acceptors (Lipinski definition) is 5. The van der Waals surface area contributed by atoms with Gasteiger partial charge in [0.05, 0.1) is 22.2 Å². The maximum atomic E-state index is 14.8. The first-order valence-corrected chi connectivity index (χ1v) is 10.1. The molecule has 0 bridgehead atoms. The Morgan fingerprint density at radius 2 is 1.93 bits per heavy atom. The summed E-state index contributed by atoms with van der Waals surface area (Å²) in [6.45, 7) is 2.04. The zero-order chi connectivity index (χ0) is 20.7. The van der Waals surface area contributed by atoms with E-state index in [-0.39, 0.29) is 5.56 Å². The molecular formula is C23H20FN5O. The molecule has 1 fully saturated rings. The number of carbonyl (C=O) groups excluding carboxylic acids is 1. The van der Waals surface area contributed by atoms with Crippen LogP contribution in [0, 0.1) is 5.95 Å². The molecule has 0 aromatic carbocycles. The van der Waals surface area contributed by atoms with Crippen LogP contribution < -0.4 is 0 Å². The summed E-state index contributed by atoms with van der Waals surface area (Å²) in [5, 5.41) is 0.690. The maximum Gasteiger partial charge on any atom is 0.224 e. The van der Waals surface area contributed by atoms with Crippen LogP contribution in [0.5, 0.6) is 0 Å². The zero-order valence-corrected chi connectivity index (χ0v) is 16.5. The van der Waals surface area contributed by atoms with Crippen molar-refractivity contribution < 1.29 is 9.18 Å². The Morgan fingerprint density at radius 3 is 2.63 bits per heavy atom. The summed E-state index contributed by atoms with van der Waals surface area (Å²) < 4.78 is 14.8. The zero-order valence-electron chi connectivity index (χ0n) is 16.5. The van der Waals surface area contributed by atoms with Crippen molar-refractivity contribution in [2.45, 2.75) is 38.5 Å². The van der Waals surface area contributed by atoms with E-state index in [9.17, 15) is 9.18 Å². The van der Waals surface area contributed by atoms with Crippen LogP contribution in [-0.4, -0.2) is 30.7 Å². The van der Waals surface area contributed by atoms with Crippen LogP contribution >= 0.6 is 0 Å². The Kier molecular flexibility index (Phi) is 4.58. The largest absolute Gasteiger partial charge is 0.345 e. The van der Waals surface area contributed by atoms with E-state index >= 15 is 0 Å². The van der Waals surface area contributed by atoms with Gasteiger partial charge in [0.25, 0.3) is 0 Å². The number of ketones is 1. The average molecular weight is 401 g/mol. The fourth-order valence-corrected chi connectivity index (χ4v) is 3.70. The number of hydrogen-bond donors (Lipinski definition) is 1. The van der Waals surface area contributed by atoms with Crippen molar-refractivity contribution >= 4 is 16.8 Å². The second-order valence-electron chi connectivity index (χ2n) is 7.62. The minimum absolute atomic E-state index is 0.0512. The van der Waals surface area contributed by atoms with Gasteiger partial charge in [0, 0.05) is 36.1 Å². The molecule has 0 amide bonds. The summed E-state index contributed by atoms with van der Waals surface area (Å²) in [4.78, 5) is 33.1. The lowest BCUT2D eigenvalue weighted by Crippen LogP contribution is -2.08. The van der Waals surface area contributed by atoms with Gasteiger partial charge in [-0.05, 0) is 43.0 Å². The third kappa shape index (κ3) is 3.36. The molecule has 4 heterocycles. The standard InChI is InChI=1S/C23H20FN5O/c1-2-15-6-3-13(10-25-15)9-16-7-8-17(22(24)29-16)21(30)18-11-26-23-19(18)20(14-4-5-14)27-12-28-23/h3,6-8,10-12,14H,2,4-5,9H2,1H3,(H,26,27,28). The maximum absolute atomic E-state index is 14.8. The van der Waals surface area contributed by atoms with Gasteiger partial charge >= 0.3 is 0 Å². The molecule has 0 radical (unpaired) electrons. The number of halogens is 1. The second kappa shape index (κ2) is 7.40. The van der Waals surface area contributed by atoms with Crippen molar-refractivity contribution in [1.82, 2.24) is 24.9 Å². The number of aryl methyl sites for hydroxylation is 1. The highest BCUT2D eigenvalue weighted by Crippen LogP contribution is 2.42. The van der Waals surface area contributed by atoms with Gasteiger partial charge in [-0.15, -0.1) is 0 Å². The van der Waals surface area contributed by atoms with Crippen LogP contribution in [0.15, 0.2) is 43.0 Å². The van der Waals surface area contributed by atoms with E-state index in [1.54, 1.807) is 18.5 Å². The van der Waals surface area contributed by atoms with E-state index in [0.29, 0.717) is 34.6 Å². The highest BCUT2D eigenvalue weighted by Gasteiger charge is 2.30. The number of aromatic amines is 1. The molecule has 1 aliphatic rings. The van der Waals surface area contributed by atoms with Gasteiger partial charge < -0.3 is 4.98 Å². The highest BCUT2D eigenvalue weighted by molar-refractivity contribution is 6.16. The number of aromatic nitrogens is 5. The van der Waals surface area contributed by atoms with Crippen LogP contribution in [0.25, 0.3) is 11.0 Å². The lowest BCUT2D eigenvalue weighted by Gasteiger charge is -2.06. The molecule has 4 aromatic rings. The molecule has 30 heavy (non-hydrogen) atoms. The molecule has 150 valence electrons. The summed E-state index contributed by atoms with van der Waals surface area (Å²) in [6, 6.07) is 7.13. The van der Waals surface area contributed by atoms with Gasteiger partial charge in [-0.1, -0.05) is 13.0 Å². The molecule has 0 spiro atoms. The summed E-state index contributed by atoms with van der Waals surface area (Å²) in [5.41, 5.74) is 4.30. The second-order valence-corrected chi connectivity index (χ2v) is 7.62. The van der Waals surface area contributed by atoms with E-state index in [0.717, 1.165) is 36.2 Å². The summed E-state index contributed by atoms with van der Waals surface area (Å²) in [6.07, 6.45) is 8.28. The number of fused-ring (bicyclic) bond motifs is 1. The van der Waals surface area contributed by atoms with E-state index in [2.05, 4.69) is 24.9 Å². The third-order valence-electron chi connectivity index (χ3n) is 5.49. The SMILES string of the molecule is CCc1ccc(Cc2ccc(C(=O)c3c[nH]c4ncnc(C5CC5)c34)c(F)n2)cn1. The van der Waals surface area contributed by atoms with Gasteiger partial charge in [0.2, 0.25) is 5.95 Å². The Morgan fingerprint density at radius 1 is 1.10 bits per heavy atom. The monoisotopic (exact) mass is 401 g/mol. The summed E-state index contributed by atoms with van der Waals surface area (Å²) >= 11 is 0. The van der Waals surface area contributed by atoms with Crippen LogP contribution in [0.1, 0.15) is 64.2 Å². The minimum atomic E-state index is -0.769. The number of H-pyrrole nitrogens is 1. The van der Waals surface area contributed by atoms with Gasteiger partial charge in [-0.25, -0.2) is 15.0 Å². The molecule has 1 saturated carbocycles. The molecule has 7 heteroatoms. The smallest absolute Gasteiger partial charge is 0.224 e. The lowest BCUT2D eigenvalue weighted by molar-refractivity contribution is 0.103. The highest BCUT2D eigenvalue weighted by atomic mass is 19.1. The van der Waals surface area contributed by atoms with Gasteiger partial charge in [-0.3, -0.25) is 9.78 Å². The van der Waals surface area contributed by atoms with Gasteiger partial charge in [-0.2, -0.15) is 4.39 Å². The number of rotatable bonds is 6. The van der Waals surface area contributed by atoms with E-state index in [1.807, 2.05) is 19.1 Å². The predicted octanol–water partition coefficient (Wildman–Crippen LogP) is 4.15. The van der Waals surface area contributed by atoms with Crippen molar-refractivity contribution in [2.75, 3.05) is 0 Å². The topological polar surface area (TPSA) is 84.4 Å². The number of carbonyl (C=O) groups is 1. The molecule has 4 aromatic heterocycles. The first kappa shape index (κ1) is 18.5. The molecule has 0 saturated heterocycles. The average Bonchev–Trinajstić information content (AvgIpc) is 3.52. The molecule has 6 nitrogen and oxygen atoms in total. The number of nitrogens with zero attached hydrogens (tertiary/aromatic N) is 4. The van der Waals surface area contributed by atoms with Gasteiger partial charge in [0.1, 0.15) is 12.0 Å². The van der Waals surface area contributed by atoms with Crippen LogP contribution in [0.3, 0.4) is 0 Å². The van der Waals surface area contributed by atoms with Crippen LogP contribution in [0.4, 0.5) is 4.39 Å². The molecule has 5 rings (SSSR count). The molecule has 0 aliphatic heterocycles. The van der Waals surface area contributed by atoms with Crippen molar-refractivity contribution in [3.8, 4) is 0 Å². The van der Waals surface area contributed by atoms with E-state index in [1.165, 1.54) is 12.4 Å². The fraction of sp³-hybridized carbons (Fsp3) is 0.261. The predicted molar refractivity (Wildman–Crippen MR) is 110 cm³/mol. The van der Waals surface area contributed by atoms with E-state index in [4.69, 9.17) is 0 Å². The quantitative estimate of drug-likeness (QED) is 0.388.